The van der Waals surface area contributed by atoms with E-state index in [0.29, 0.717) is 11.1 Å². The molecule has 1 fully saturated rings. The van der Waals surface area contributed by atoms with Gasteiger partial charge in [0.1, 0.15) is 0 Å². The van der Waals surface area contributed by atoms with Gasteiger partial charge in [0.15, 0.2) is 23.0 Å². The summed E-state index contributed by atoms with van der Waals surface area (Å²) in [6.07, 6.45) is 4.67. The molecular weight excluding hydrogens is 458 g/mol. The summed E-state index contributed by atoms with van der Waals surface area (Å²) >= 11 is 0. The van der Waals surface area contributed by atoms with E-state index in [4.69, 9.17) is 9.47 Å². The third-order valence-corrected chi connectivity index (χ3v) is 4.97. The fourth-order valence-electron chi connectivity index (χ4n) is 3.33. The number of hydrogen-bond acceptors (Lipinski definition) is 5. The standard InChI is InChI=1S/C24H25F4NO5/c1-3-32-21-12-15(4-9-19(21)34-24(27)28)6-11-22(30)29(17-7-8-17)14-16-5-10-18(33-23(25)26)20(13-16)31-2/h4-6,9-13,17,23-24H,3,7-8,14H2,1-2H3/b11-6+. The quantitative estimate of drug-likeness (QED) is 0.295. The molecule has 0 unspecified atom stereocenters. The second-order valence-electron chi connectivity index (χ2n) is 7.41. The topological polar surface area (TPSA) is 57.2 Å². The van der Waals surface area contributed by atoms with Gasteiger partial charge in [0.2, 0.25) is 5.91 Å². The summed E-state index contributed by atoms with van der Waals surface area (Å²) in [5.74, 6) is -0.135. The Morgan fingerprint density at radius 2 is 1.65 bits per heavy atom. The van der Waals surface area contributed by atoms with E-state index >= 15 is 0 Å². The van der Waals surface area contributed by atoms with Crippen molar-refractivity contribution in [1.82, 2.24) is 4.90 Å². The van der Waals surface area contributed by atoms with Crippen molar-refractivity contribution in [2.75, 3.05) is 13.7 Å². The van der Waals surface area contributed by atoms with Crippen LogP contribution in [0.1, 0.15) is 30.9 Å². The molecule has 184 valence electrons. The summed E-state index contributed by atoms with van der Waals surface area (Å²) in [5, 5.41) is 0. The molecule has 2 aromatic rings. The molecule has 10 heteroatoms. The Labute approximate surface area is 194 Å². The lowest BCUT2D eigenvalue weighted by Gasteiger charge is -2.22. The summed E-state index contributed by atoms with van der Waals surface area (Å²) in [7, 11) is 1.35. The van der Waals surface area contributed by atoms with Gasteiger partial charge < -0.3 is 23.8 Å². The lowest BCUT2D eigenvalue weighted by atomic mass is 10.1. The van der Waals surface area contributed by atoms with Crippen LogP contribution in [0.15, 0.2) is 42.5 Å². The molecule has 3 rings (SSSR count). The molecule has 1 saturated carbocycles. The molecule has 6 nitrogen and oxygen atoms in total. The second kappa shape index (κ2) is 11.6. The minimum atomic E-state index is -2.98. The van der Waals surface area contributed by atoms with E-state index in [1.54, 1.807) is 30.0 Å². The first-order chi connectivity index (χ1) is 16.3. The fourth-order valence-corrected chi connectivity index (χ4v) is 3.33. The number of amides is 1. The van der Waals surface area contributed by atoms with Gasteiger partial charge in [-0.05, 0) is 61.2 Å². The van der Waals surface area contributed by atoms with E-state index in [9.17, 15) is 22.4 Å². The maximum atomic E-state index is 12.9. The molecule has 0 aliphatic heterocycles. The number of methoxy groups -OCH3 is 1. The van der Waals surface area contributed by atoms with Crippen LogP contribution >= 0.6 is 0 Å². The Morgan fingerprint density at radius 3 is 2.24 bits per heavy atom. The maximum Gasteiger partial charge on any atom is 0.387 e. The SMILES string of the molecule is CCOc1cc(/C=C/C(=O)N(Cc2ccc(OC(F)F)c(OC)c2)C2CC2)ccc1OC(F)F. The first-order valence-corrected chi connectivity index (χ1v) is 10.6. The van der Waals surface area contributed by atoms with E-state index in [1.807, 2.05) is 0 Å². The maximum absolute atomic E-state index is 12.9. The highest BCUT2D eigenvalue weighted by Crippen LogP contribution is 2.33. The Kier molecular flexibility index (Phi) is 8.61. The van der Waals surface area contributed by atoms with Gasteiger partial charge in [0.05, 0.1) is 13.7 Å². The van der Waals surface area contributed by atoms with Gasteiger partial charge in [-0.3, -0.25) is 4.79 Å². The number of carbonyl (C=O) groups is 1. The van der Waals surface area contributed by atoms with Gasteiger partial charge in [0, 0.05) is 18.7 Å². The van der Waals surface area contributed by atoms with Crippen molar-refractivity contribution in [3.05, 3.63) is 53.6 Å². The van der Waals surface area contributed by atoms with Gasteiger partial charge in [-0.15, -0.1) is 0 Å². The van der Waals surface area contributed by atoms with Gasteiger partial charge in [-0.1, -0.05) is 12.1 Å². The summed E-state index contributed by atoms with van der Waals surface area (Å²) in [6, 6.07) is 9.01. The van der Waals surface area contributed by atoms with Crippen LogP contribution in [0.25, 0.3) is 6.08 Å². The van der Waals surface area contributed by atoms with Crippen LogP contribution in [0.2, 0.25) is 0 Å². The molecule has 0 aromatic heterocycles. The second-order valence-corrected chi connectivity index (χ2v) is 7.41. The van der Waals surface area contributed by atoms with Crippen molar-refractivity contribution in [3.63, 3.8) is 0 Å². The highest BCUT2D eigenvalue weighted by atomic mass is 19.3. The van der Waals surface area contributed by atoms with Crippen LogP contribution in [0.5, 0.6) is 23.0 Å². The zero-order valence-electron chi connectivity index (χ0n) is 18.7. The van der Waals surface area contributed by atoms with Gasteiger partial charge >= 0.3 is 13.2 Å². The minimum Gasteiger partial charge on any atom is -0.493 e. The largest absolute Gasteiger partial charge is 0.493 e. The van der Waals surface area contributed by atoms with E-state index < -0.39 is 13.2 Å². The van der Waals surface area contributed by atoms with Gasteiger partial charge in [0.25, 0.3) is 0 Å². The number of benzene rings is 2. The van der Waals surface area contributed by atoms with Crippen LogP contribution in [0.4, 0.5) is 17.6 Å². The first-order valence-electron chi connectivity index (χ1n) is 10.6. The number of carbonyl (C=O) groups excluding carboxylic acids is 1. The third-order valence-electron chi connectivity index (χ3n) is 4.97. The van der Waals surface area contributed by atoms with Crippen LogP contribution in [0, 0.1) is 0 Å². The van der Waals surface area contributed by atoms with Gasteiger partial charge in [-0.25, -0.2) is 0 Å². The number of ether oxygens (including phenoxy) is 4. The molecule has 1 aliphatic carbocycles. The Hall–Kier alpha value is -3.43. The molecule has 0 spiro atoms. The van der Waals surface area contributed by atoms with Crippen molar-refractivity contribution in [1.29, 1.82) is 0 Å². The van der Waals surface area contributed by atoms with E-state index in [1.165, 1.54) is 37.5 Å². The third kappa shape index (κ3) is 7.03. The highest BCUT2D eigenvalue weighted by molar-refractivity contribution is 5.92. The van der Waals surface area contributed by atoms with Crippen molar-refractivity contribution in [3.8, 4) is 23.0 Å². The molecule has 0 bridgehead atoms. The molecule has 0 heterocycles. The van der Waals surface area contributed by atoms with E-state index in [-0.39, 0.29) is 48.1 Å². The highest BCUT2D eigenvalue weighted by Gasteiger charge is 2.31. The number of rotatable bonds is 12. The predicted molar refractivity (Wildman–Crippen MR) is 116 cm³/mol. The van der Waals surface area contributed by atoms with Crippen molar-refractivity contribution in [2.45, 2.75) is 45.6 Å². The summed E-state index contributed by atoms with van der Waals surface area (Å²) < 4.78 is 69.6. The summed E-state index contributed by atoms with van der Waals surface area (Å²) in [5.41, 5.74) is 1.27. The van der Waals surface area contributed by atoms with Crippen molar-refractivity contribution in [2.24, 2.45) is 0 Å². The number of nitrogens with zero attached hydrogens (tertiary/aromatic N) is 1. The molecule has 1 amide bonds. The molecule has 1 aliphatic rings. The summed E-state index contributed by atoms with van der Waals surface area (Å²) in [4.78, 5) is 14.6. The molecule has 2 aromatic carbocycles. The van der Waals surface area contributed by atoms with Crippen LogP contribution in [-0.4, -0.2) is 43.8 Å². The summed E-state index contributed by atoms with van der Waals surface area (Å²) in [6.45, 7) is -3.74. The zero-order chi connectivity index (χ0) is 24.7. The zero-order valence-corrected chi connectivity index (χ0v) is 18.7. The van der Waals surface area contributed by atoms with Crippen molar-refractivity contribution < 1.29 is 41.3 Å². The molecule has 0 radical (unpaired) electrons. The molecule has 0 N–H and O–H groups in total. The first kappa shape index (κ1) is 25.2. The number of halogens is 4. The fraction of sp³-hybridized carbons (Fsp3) is 0.375. The van der Waals surface area contributed by atoms with Crippen LogP contribution < -0.4 is 18.9 Å². The average molecular weight is 483 g/mol. The average Bonchev–Trinajstić information content (AvgIpc) is 3.63. The molecule has 0 atom stereocenters. The van der Waals surface area contributed by atoms with E-state index in [0.717, 1.165) is 12.8 Å². The van der Waals surface area contributed by atoms with Gasteiger partial charge in [-0.2, -0.15) is 17.6 Å². The Morgan fingerprint density at radius 1 is 1.00 bits per heavy atom. The normalized spacial score (nSPS) is 13.4. The lowest BCUT2D eigenvalue weighted by Crippen LogP contribution is -2.31. The number of hydrogen-bond donors (Lipinski definition) is 0. The van der Waals surface area contributed by atoms with Crippen LogP contribution in [-0.2, 0) is 11.3 Å². The molecule has 34 heavy (non-hydrogen) atoms. The molecule has 0 saturated heterocycles. The monoisotopic (exact) mass is 483 g/mol. The van der Waals surface area contributed by atoms with Crippen LogP contribution in [0.3, 0.4) is 0 Å². The lowest BCUT2D eigenvalue weighted by molar-refractivity contribution is -0.127. The smallest absolute Gasteiger partial charge is 0.387 e. The Balaban J connectivity index is 1.74. The van der Waals surface area contributed by atoms with E-state index in [2.05, 4.69) is 9.47 Å². The minimum absolute atomic E-state index is 0.0703. The van der Waals surface area contributed by atoms with Crippen molar-refractivity contribution >= 4 is 12.0 Å². The molecular formula is C24H25F4NO5. The number of alkyl halides is 4. The Bertz CT molecular complexity index is 1010. The predicted octanol–water partition coefficient (Wildman–Crippen LogP) is 5.50.